The number of halogens is 1. The minimum Gasteiger partial charge on any atom is -0.456 e. The molecule has 1 heterocycles. The number of ether oxygens (including phenoxy) is 1. The number of aryl methyl sites for hydroxylation is 2. The molecule has 1 aromatic carbocycles. The number of nitrogens with zero attached hydrogens (tertiary/aromatic N) is 1. The van der Waals surface area contributed by atoms with Crippen molar-refractivity contribution in [1.29, 1.82) is 0 Å². The number of carbonyl (C=O) groups is 1. The van der Waals surface area contributed by atoms with Gasteiger partial charge in [-0.25, -0.2) is 9.18 Å². The molecule has 0 amide bonds. The zero-order chi connectivity index (χ0) is 15.4. The minimum atomic E-state index is -0.427. The van der Waals surface area contributed by atoms with Gasteiger partial charge in [0, 0.05) is 12.7 Å². The molecule has 2 rings (SSSR count). The van der Waals surface area contributed by atoms with Crippen molar-refractivity contribution in [3.8, 4) is 0 Å². The van der Waals surface area contributed by atoms with Crippen molar-refractivity contribution < 1.29 is 13.9 Å². The first-order valence-corrected chi connectivity index (χ1v) is 6.89. The van der Waals surface area contributed by atoms with Gasteiger partial charge in [-0.3, -0.25) is 0 Å². The number of esters is 1. The Morgan fingerprint density at radius 1 is 1.38 bits per heavy atom. The minimum absolute atomic E-state index is 0.113. The molecule has 0 spiro atoms. The van der Waals surface area contributed by atoms with Crippen LogP contribution in [-0.2, 0) is 17.9 Å². The highest BCUT2D eigenvalue weighted by Gasteiger charge is 2.14. The van der Waals surface area contributed by atoms with Crippen molar-refractivity contribution in [3.63, 3.8) is 0 Å². The molecule has 0 bridgehead atoms. The molecule has 0 aliphatic carbocycles. The van der Waals surface area contributed by atoms with Gasteiger partial charge in [-0.15, -0.1) is 0 Å². The Morgan fingerprint density at radius 2 is 2.14 bits per heavy atom. The normalized spacial score (nSPS) is 10.6. The van der Waals surface area contributed by atoms with Gasteiger partial charge in [-0.1, -0.05) is 13.0 Å². The molecule has 1 aromatic heterocycles. The summed E-state index contributed by atoms with van der Waals surface area (Å²) in [5, 5.41) is 0. The second-order valence-corrected chi connectivity index (χ2v) is 5.00. The van der Waals surface area contributed by atoms with E-state index in [1.165, 1.54) is 12.1 Å². The second kappa shape index (κ2) is 6.43. The van der Waals surface area contributed by atoms with Crippen molar-refractivity contribution in [2.75, 3.05) is 5.73 Å². The van der Waals surface area contributed by atoms with E-state index in [-0.39, 0.29) is 12.4 Å². The predicted molar refractivity (Wildman–Crippen MR) is 79.4 cm³/mol. The molecule has 2 N–H and O–H groups in total. The number of nitrogens with two attached hydrogens (primary N) is 1. The van der Waals surface area contributed by atoms with Crippen LogP contribution in [0.2, 0.25) is 0 Å². The van der Waals surface area contributed by atoms with E-state index in [1.807, 2.05) is 6.92 Å². The average Bonchev–Trinajstić information content (AvgIpc) is 2.79. The van der Waals surface area contributed by atoms with Crippen molar-refractivity contribution in [1.82, 2.24) is 4.57 Å². The van der Waals surface area contributed by atoms with E-state index in [4.69, 9.17) is 10.5 Å². The van der Waals surface area contributed by atoms with Crippen LogP contribution in [0.3, 0.4) is 0 Å². The summed E-state index contributed by atoms with van der Waals surface area (Å²) in [6.45, 7) is 4.62. The van der Waals surface area contributed by atoms with Gasteiger partial charge in [0.15, 0.2) is 0 Å². The van der Waals surface area contributed by atoms with Crippen molar-refractivity contribution >= 4 is 11.7 Å². The van der Waals surface area contributed by atoms with Crippen LogP contribution in [-0.4, -0.2) is 10.5 Å². The summed E-state index contributed by atoms with van der Waals surface area (Å²) in [6.07, 6.45) is 2.62. The Labute approximate surface area is 123 Å². The van der Waals surface area contributed by atoms with Gasteiger partial charge in [0.1, 0.15) is 18.1 Å². The summed E-state index contributed by atoms with van der Waals surface area (Å²) >= 11 is 0. The van der Waals surface area contributed by atoms with E-state index >= 15 is 0 Å². The van der Waals surface area contributed by atoms with E-state index < -0.39 is 5.97 Å². The third kappa shape index (κ3) is 3.62. The van der Waals surface area contributed by atoms with Gasteiger partial charge in [0.05, 0.1) is 5.69 Å². The van der Waals surface area contributed by atoms with Crippen LogP contribution in [0.25, 0.3) is 0 Å². The molecule has 0 aliphatic heterocycles. The van der Waals surface area contributed by atoms with Crippen LogP contribution in [0.1, 0.15) is 35.0 Å². The van der Waals surface area contributed by atoms with Crippen molar-refractivity contribution in [2.24, 2.45) is 0 Å². The van der Waals surface area contributed by atoms with E-state index in [9.17, 15) is 9.18 Å². The maximum Gasteiger partial charge on any atom is 0.355 e. The van der Waals surface area contributed by atoms with Crippen LogP contribution in [0.5, 0.6) is 0 Å². The third-order valence-electron chi connectivity index (χ3n) is 3.25. The molecule has 0 unspecified atom stereocenters. The number of benzene rings is 1. The number of anilines is 1. The lowest BCUT2D eigenvalue weighted by molar-refractivity contribution is 0.0459. The Bertz CT molecular complexity index is 650. The first-order chi connectivity index (χ1) is 10.0. The molecule has 5 heteroatoms. The number of hydrogen-bond donors (Lipinski definition) is 1. The predicted octanol–water partition coefficient (Wildman–Crippen LogP) is 3.28. The van der Waals surface area contributed by atoms with Crippen LogP contribution in [0.15, 0.2) is 30.5 Å². The van der Waals surface area contributed by atoms with Gasteiger partial charge in [-0.2, -0.15) is 0 Å². The first-order valence-electron chi connectivity index (χ1n) is 6.89. The number of carbonyl (C=O) groups excluding carboxylic acids is 1. The summed E-state index contributed by atoms with van der Waals surface area (Å²) in [7, 11) is 0. The Kier molecular flexibility index (Phi) is 4.62. The summed E-state index contributed by atoms with van der Waals surface area (Å²) < 4.78 is 20.1. The van der Waals surface area contributed by atoms with Gasteiger partial charge < -0.3 is 15.0 Å². The van der Waals surface area contributed by atoms with E-state index in [1.54, 1.807) is 29.8 Å². The molecular weight excluding hydrogens is 271 g/mol. The summed E-state index contributed by atoms with van der Waals surface area (Å²) in [5.74, 6) is -0.726. The van der Waals surface area contributed by atoms with Crippen LogP contribution < -0.4 is 5.73 Å². The molecule has 0 radical (unpaired) electrons. The zero-order valence-corrected chi connectivity index (χ0v) is 12.2. The molecule has 0 saturated carbocycles. The SMILES string of the molecule is CCCn1cc(N)cc1C(=O)OCc1ccc(F)cc1C. The number of rotatable bonds is 5. The van der Waals surface area contributed by atoms with Gasteiger partial charge in [0.25, 0.3) is 0 Å². The maximum atomic E-state index is 13.0. The van der Waals surface area contributed by atoms with E-state index in [2.05, 4.69) is 0 Å². The van der Waals surface area contributed by atoms with E-state index in [0.29, 0.717) is 17.9 Å². The summed E-state index contributed by atoms with van der Waals surface area (Å²) in [6, 6.07) is 6.00. The lowest BCUT2D eigenvalue weighted by atomic mass is 10.1. The molecule has 0 fully saturated rings. The molecule has 4 nitrogen and oxygen atoms in total. The van der Waals surface area contributed by atoms with E-state index in [0.717, 1.165) is 17.5 Å². The second-order valence-electron chi connectivity index (χ2n) is 5.00. The number of hydrogen-bond acceptors (Lipinski definition) is 3. The zero-order valence-electron chi connectivity index (χ0n) is 12.2. The highest BCUT2D eigenvalue weighted by Crippen LogP contribution is 2.15. The Hall–Kier alpha value is -2.30. The largest absolute Gasteiger partial charge is 0.456 e. The Balaban J connectivity index is 2.08. The van der Waals surface area contributed by atoms with Crippen molar-refractivity contribution in [3.05, 3.63) is 53.1 Å². The fourth-order valence-electron chi connectivity index (χ4n) is 2.17. The lowest BCUT2D eigenvalue weighted by Crippen LogP contribution is -2.12. The molecule has 112 valence electrons. The van der Waals surface area contributed by atoms with Gasteiger partial charge in [-0.05, 0) is 42.7 Å². The van der Waals surface area contributed by atoms with Gasteiger partial charge >= 0.3 is 5.97 Å². The quantitative estimate of drug-likeness (QED) is 0.860. The third-order valence-corrected chi connectivity index (χ3v) is 3.25. The summed E-state index contributed by atoms with van der Waals surface area (Å²) in [4.78, 5) is 12.1. The van der Waals surface area contributed by atoms with Crippen LogP contribution in [0, 0.1) is 12.7 Å². The highest BCUT2D eigenvalue weighted by atomic mass is 19.1. The van der Waals surface area contributed by atoms with Gasteiger partial charge in [0.2, 0.25) is 0 Å². The molecular formula is C16H19FN2O2. The summed E-state index contributed by atoms with van der Waals surface area (Å²) in [5.41, 5.74) is 8.24. The molecule has 0 aliphatic rings. The lowest BCUT2D eigenvalue weighted by Gasteiger charge is -2.09. The highest BCUT2D eigenvalue weighted by molar-refractivity contribution is 5.89. The molecule has 0 saturated heterocycles. The fraction of sp³-hybridized carbons (Fsp3) is 0.312. The molecule has 2 aromatic rings. The smallest absolute Gasteiger partial charge is 0.355 e. The standard InChI is InChI=1S/C16H19FN2O2/c1-3-6-19-9-14(18)8-15(19)16(20)21-10-12-4-5-13(17)7-11(12)2/h4-5,7-9H,3,6,10,18H2,1-2H3. The first kappa shape index (κ1) is 15.1. The fourth-order valence-corrected chi connectivity index (χ4v) is 2.17. The van der Waals surface area contributed by atoms with Crippen LogP contribution >= 0.6 is 0 Å². The molecule has 0 atom stereocenters. The number of aromatic nitrogens is 1. The van der Waals surface area contributed by atoms with Crippen molar-refractivity contribution in [2.45, 2.75) is 33.4 Å². The number of nitrogen functional groups attached to an aromatic ring is 1. The van der Waals surface area contributed by atoms with Crippen LogP contribution in [0.4, 0.5) is 10.1 Å². The monoisotopic (exact) mass is 290 g/mol. The topological polar surface area (TPSA) is 57.2 Å². The average molecular weight is 290 g/mol. The maximum absolute atomic E-state index is 13.0. The molecule has 21 heavy (non-hydrogen) atoms. The Morgan fingerprint density at radius 3 is 2.81 bits per heavy atom.